The van der Waals surface area contributed by atoms with E-state index in [1.165, 1.54) is 18.2 Å². The van der Waals surface area contributed by atoms with Gasteiger partial charge in [-0.25, -0.2) is 0 Å². The number of nitrogens with zero attached hydrogens (tertiary/aromatic N) is 3. The van der Waals surface area contributed by atoms with Gasteiger partial charge in [-0.3, -0.25) is 19.8 Å². The molecule has 1 fully saturated rings. The first kappa shape index (κ1) is 20.9. The number of anilines is 2. The van der Waals surface area contributed by atoms with Crippen LogP contribution in [0.5, 0.6) is 5.75 Å². The monoisotopic (exact) mass is 418 g/mol. The quantitative estimate of drug-likeness (QED) is 0.571. The number of carbonyl (C=O) groups excluding carboxylic acids is 1. The van der Waals surface area contributed by atoms with Crippen LogP contribution in [0.4, 0.5) is 17.1 Å². The maximum atomic E-state index is 12.7. The van der Waals surface area contributed by atoms with Gasteiger partial charge < -0.3 is 15.0 Å². The molecule has 1 heterocycles. The van der Waals surface area contributed by atoms with Gasteiger partial charge in [0.15, 0.2) is 0 Å². The van der Waals surface area contributed by atoms with E-state index in [9.17, 15) is 14.9 Å². The molecule has 1 aliphatic heterocycles. The van der Waals surface area contributed by atoms with Crippen LogP contribution in [0.1, 0.15) is 6.92 Å². The fourth-order valence-corrected chi connectivity index (χ4v) is 3.53. The number of hydrogen-bond acceptors (Lipinski definition) is 6. The Balaban J connectivity index is 1.62. The Morgan fingerprint density at radius 2 is 1.90 bits per heavy atom. The number of ether oxygens (including phenoxy) is 1. The van der Waals surface area contributed by atoms with Gasteiger partial charge in [0.25, 0.3) is 5.69 Å². The molecule has 0 radical (unpaired) electrons. The topological polar surface area (TPSA) is 88.0 Å². The average molecular weight is 419 g/mol. The van der Waals surface area contributed by atoms with Gasteiger partial charge in [-0.15, -0.1) is 0 Å². The lowest BCUT2D eigenvalue weighted by atomic mass is 10.2. The summed E-state index contributed by atoms with van der Waals surface area (Å²) in [6, 6.07) is 11.4. The highest BCUT2D eigenvalue weighted by Gasteiger charge is 2.27. The van der Waals surface area contributed by atoms with E-state index in [0.29, 0.717) is 13.1 Å². The maximum Gasteiger partial charge on any atom is 0.271 e. The predicted octanol–water partition coefficient (Wildman–Crippen LogP) is 3.41. The molecule has 29 heavy (non-hydrogen) atoms. The third-order valence-electron chi connectivity index (χ3n) is 5.09. The van der Waals surface area contributed by atoms with Crippen molar-refractivity contribution in [2.24, 2.45) is 0 Å². The van der Waals surface area contributed by atoms with E-state index in [2.05, 4.69) is 15.1 Å². The lowest BCUT2D eigenvalue weighted by Crippen LogP contribution is -2.52. The molecule has 0 aromatic heterocycles. The molecule has 8 nitrogen and oxygen atoms in total. The maximum absolute atomic E-state index is 12.7. The lowest BCUT2D eigenvalue weighted by Gasteiger charge is -2.38. The highest BCUT2D eigenvalue weighted by atomic mass is 35.5. The van der Waals surface area contributed by atoms with Gasteiger partial charge in [0, 0.05) is 38.3 Å². The largest absolute Gasteiger partial charge is 0.495 e. The summed E-state index contributed by atoms with van der Waals surface area (Å²) in [7, 11) is 1.65. The predicted molar refractivity (Wildman–Crippen MR) is 113 cm³/mol. The number of halogens is 1. The first-order chi connectivity index (χ1) is 13.9. The number of benzene rings is 2. The zero-order valence-electron chi connectivity index (χ0n) is 16.3. The van der Waals surface area contributed by atoms with Gasteiger partial charge in [-0.05, 0) is 25.1 Å². The molecule has 3 rings (SSSR count). The SMILES string of the molecule is COc1ccccc1N1CCN([C@@H](C)C(=O)Nc2cc([N+](=O)[O-])ccc2Cl)CC1. The zero-order chi connectivity index (χ0) is 21.0. The van der Waals surface area contributed by atoms with E-state index in [-0.39, 0.29) is 22.3 Å². The molecular formula is C20H23ClN4O4. The van der Waals surface area contributed by atoms with Crippen molar-refractivity contribution in [3.63, 3.8) is 0 Å². The molecule has 9 heteroatoms. The molecule has 1 atom stereocenters. The van der Waals surface area contributed by atoms with Crippen LogP contribution in [0.3, 0.4) is 0 Å². The number of para-hydroxylation sites is 2. The Labute approximate surface area is 174 Å². The number of hydrogen-bond donors (Lipinski definition) is 1. The highest BCUT2D eigenvalue weighted by molar-refractivity contribution is 6.33. The standard InChI is InChI=1S/C20H23ClN4O4/c1-14(20(26)22-17-13-15(25(27)28)7-8-16(17)21)23-9-11-24(12-10-23)18-5-3-4-6-19(18)29-2/h3-8,13-14H,9-12H2,1-2H3,(H,22,26)/t14-/m0/s1. The highest BCUT2D eigenvalue weighted by Crippen LogP contribution is 2.29. The molecule has 154 valence electrons. The Hall–Kier alpha value is -2.84. The van der Waals surface area contributed by atoms with Gasteiger partial charge in [0.05, 0.1) is 34.5 Å². The number of nitro groups is 1. The van der Waals surface area contributed by atoms with Crippen molar-refractivity contribution in [3.05, 3.63) is 57.6 Å². The molecule has 0 saturated carbocycles. The molecule has 2 aromatic carbocycles. The molecule has 0 unspecified atom stereocenters. The van der Waals surface area contributed by atoms with Crippen LogP contribution in [-0.2, 0) is 4.79 Å². The Bertz CT molecular complexity index is 900. The third-order valence-corrected chi connectivity index (χ3v) is 5.42. The lowest BCUT2D eigenvalue weighted by molar-refractivity contribution is -0.384. The van der Waals surface area contributed by atoms with Crippen LogP contribution in [-0.4, -0.2) is 55.1 Å². The van der Waals surface area contributed by atoms with E-state index >= 15 is 0 Å². The average Bonchev–Trinajstić information content (AvgIpc) is 2.74. The van der Waals surface area contributed by atoms with Crippen LogP contribution >= 0.6 is 11.6 Å². The normalized spacial score (nSPS) is 15.6. The molecule has 1 amide bonds. The Kier molecular flexibility index (Phi) is 6.56. The van der Waals surface area contributed by atoms with E-state index in [0.717, 1.165) is 24.5 Å². The molecule has 0 bridgehead atoms. The summed E-state index contributed by atoms with van der Waals surface area (Å²) in [5.41, 5.74) is 1.16. The number of carbonyl (C=O) groups is 1. The number of piperazine rings is 1. The summed E-state index contributed by atoms with van der Waals surface area (Å²) in [6.45, 7) is 4.75. The molecule has 1 saturated heterocycles. The summed E-state index contributed by atoms with van der Waals surface area (Å²) in [6.07, 6.45) is 0. The smallest absolute Gasteiger partial charge is 0.271 e. The van der Waals surface area contributed by atoms with Crippen molar-refractivity contribution in [1.82, 2.24) is 4.90 Å². The summed E-state index contributed by atoms with van der Waals surface area (Å²) >= 11 is 6.08. The van der Waals surface area contributed by atoms with E-state index in [1.54, 1.807) is 7.11 Å². The number of rotatable bonds is 6. The van der Waals surface area contributed by atoms with Gasteiger partial charge in [0.1, 0.15) is 5.75 Å². The van der Waals surface area contributed by atoms with Crippen molar-refractivity contribution in [2.45, 2.75) is 13.0 Å². The van der Waals surface area contributed by atoms with Gasteiger partial charge >= 0.3 is 0 Å². The second kappa shape index (κ2) is 9.11. The van der Waals surface area contributed by atoms with Gasteiger partial charge in [-0.1, -0.05) is 23.7 Å². The summed E-state index contributed by atoms with van der Waals surface area (Å²) in [5.74, 6) is 0.574. The van der Waals surface area contributed by atoms with E-state index in [4.69, 9.17) is 16.3 Å². The number of nitrogens with one attached hydrogen (secondary N) is 1. The van der Waals surface area contributed by atoms with E-state index < -0.39 is 11.0 Å². The first-order valence-electron chi connectivity index (χ1n) is 9.27. The molecule has 0 aliphatic carbocycles. The molecule has 1 aliphatic rings. The fourth-order valence-electron chi connectivity index (χ4n) is 3.37. The van der Waals surface area contributed by atoms with Crippen LogP contribution < -0.4 is 15.0 Å². The second-order valence-electron chi connectivity index (χ2n) is 6.78. The minimum absolute atomic E-state index is 0.122. The van der Waals surface area contributed by atoms with Crippen molar-refractivity contribution < 1.29 is 14.5 Å². The Morgan fingerprint density at radius 3 is 2.55 bits per heavy atom. The number of nitro benzene ring substituents is 1. The minimum atomic E-state index is -0.521. The van der Waals surface area contributed by atoms with Crippen molar-refractivity contribution in [1.29, 1.82) is 0 Å². The fraction of sp³-hybridized carbons (Fsp3) is 0.350. The molecular weight excluding hydrogens is 396 g/mol. The Morgan fingerprint density at radius 1 is 1.21 bits per heavy atom. The van der Waals surface area contributed by atoms with Crippen molar-refractivity contribution in [2.75, 3.05) is 43.5 Å². The molecule has 0 spiro atoms. The summed E-state index contributed by atoms with van der Waals surface area (Å²) in [4.78, 5) is 27.4. The summed E-state index contributed by atoms with van der Waals surface area (Å²) < 4.78 is 5.44. The molecule has 2 aromatic rings. The van der Waals surface area contributed by atoms with Crippen LogP contribution in [0, 0.1) is 10.1 Å². The van der Waals surface area contributed by atoms with Crippen LogP contribution in [0.2, 0.25) is 5.02 Å². The number of non-ortho nitro benzene ring substituents is 1. The molecule has 1 N–H and O–H groups in total. The first-order valence-corrected chi connectivity index (χ1v) is 9.65. The number of methoxy groups -OCH3 is 1. The zero-order valence-corrected chi connectivity index (χ0v) is 17.1. The van der Waals surface area contributed by atoms with Gasteiger partial charge in [0.2, 0.25) is 5.91 Å². The second-order valence-corrected chi connectivity index (χ2v) is 7.19. The van der Waals surface area contributed by atoms with Crippen molar-refractivity contribution >= 4 is 34.6 Å². The van der Waals surface area contributed by atoms with Crippen molar-refractivity contribution in [3.8, 4) is 5.75 Å². The van der Waals surface area contributed by atoms with Crippen LogP contribution in [0.15, 0.2) is 42.5 Å². The number of amides is 1. The third kappa shape index (κ3) is 4.78. The van der Waals surface area contributed by atoms with Gasteiger partial charge in [-0.2, -0.15) is 0 Å². The summed E-state index contributed by atoms with van der Waals surface area (Å²) in [5, 5.41) is 13.9. The van der Waals surface area contributed by atoms with Crippen LogP contribution in [0.25, 0.3) is 0 Å². The van der Waals surface area contributed by atoms with E-state index in [1.807, 2.05) is 31.2 Å². The minimum Gasteiger partial charge on any atom is -0.495 e.